The van der Waals surface area contributed by atoms with Crippen molar-refractivity contribution >= 4 is 55.8 Å². The summed E-state index contributed by atoms with van der Waals surface area (Å²) in [5, 5.41) is 1.59. The molecule has 4 aromatic rings. The first-order valence-electron chi connectivity index (χ1n) is 9.97. The molecule has 2 N–H and O–H groups in total. The van der Waals surface area contributed by atoms with E-state index in [9.17, 15) is 13.2 Å². The molecule has 0 unspecified atom stereocenters. The summed E-state index contributed by atoms with van der Waals surface area (Å²) in [5.74, 6) is -0.633. The molecule has 0 atom stereocenters. The summed E-state index contributed by atoms with van der Waals surface area (Å²) in [6, 6.07) is 19.3. The third kappa shape index (κ3) is 5.33. The number of fused-ring (bicyclic) bond motifs is 1. The van der Waals surface area contributed by atoms with Gasteiger partial charge in [0.15, 0.2) is 0 Å². The minimum Gasteiger partial charge on any atom is -0.469 e. The first kappa shape index (κ1) is 23.2. The summed E-state index contributed by atoms with van der Waals surface area (Å²) >= 11 is 12.3. The van der Waals surface area contributed by atoms with E-state index in [-0.39, 0.29) is 28.9 Å². The van der Waals surface area contributed by atoms with Gasteiger partial charge in [0.1, 0.15) is 0 Å². The summed E-state index contributed by atoms with van der Waals surface area (Å²) in [5.41, 5.74) is 3.76. The highest BCUT2D eigenvalue weighted by Gasteiger charge is 2.19. The minimum absolute atomic E-state index is 0.0638. The molecule has 0 aliphatic heterocycles. The second-order valence-corrected chi connectivity index (χ2v) is 10.0. The largest absolute Gasteiger partial charge is 0.469 e. The van der Waals surface area contributed by atoms with Crippen molar-refractivity contribution in [3.63, 3.8) is 0 Å². The Balaban J connectivity index is 1.71. The molecular formula is C24H20Cl2N2O4S. The van der Waals surface area contributed by atoms with Crippen molar-refractivity contribution in [2.24, 2.45) is 0 Å². The molecule has 0 fully saturated rings. The highest BCUT2D eigenvalue weighted by molar-refractivity contribution is 7.91. The van der Waals surface area contributed by atoms with Gasteiger partial charge in [-0.05, 0) is 41.5 Å². The third-order valence-corrected chi connectivity index (χ3v) is 6.94. The number of H-pyrrole nitrogens is 1. The van der Waals surface area contributed by atoms with Crippen molar-refractivity contribution in [1.29, 1.82) is 0 Å². The lowest BCUT2D eigenvalue weighted by Gasteiger charge is -2.12. The predicted octanol–water partition coefficient (Wildman–Crippen LogP) is 5.80. The Morgan fingerprint density at radius 2 is 1.82 bits per heavy atom. The van der Waals surface area contributed by atoms with Crippen LogP contribution >= 0.6 is 23.2 Å². The molecular weight excluding hydrogens is 483 g/mol. The zero-order valence-electron chi connectivity index (χ0n) is 17.6. The van der Waals surface area contributed by atoms with Crippen LogP contribution in [-0.2, 0) is 31.7 Å². The number of methoxy groups -OCH3 is 1. The number of sulfonamides is 1. The van der Waals surface area contributed by atoms with Crippen LogP contribution in [0.5, 0.6) is 0 Å². The highest BCUT2D eigenvalue weighted by atomic mass is 35.5. The summed E-state index contributed by atoms with van der Waals surface area (Å²) in [7, 11) is -2.42. The van der Waals surface area contributed by atoms with Gasteiger partial charge in [-0.1, -0.05) is 59.6 Å². The number of aromatic amines is 1. The fraction of sp³-hybridized carbons (Fsp3) is 0.125. The minimum atomic E-state index is -3.76. The van der Waals surface area contributed by atoms with Crippen LogP contribution in [0.2, 0.25) is 10.0 Å². The molecule has 9 heteroatoms. The van der Waals surface area contributed by atoms with Crippen LogP contribution in [0.3, 0.4) is 0 Å². The molecule has 0 saturated heterocycles. The lowest BCUT2D eigenvalue weighted by molar-refractivity contribution is -0.139. The van der Waals surface area contributed by atoms with E-state index in [0.29, 0.717) is 21.8 Å². The molecule has 0 amide bonds. The van der Waals surface area contributed by atoms with E-state index in [2.05, 4.69) is 9.71 Å². The van der Waals surface area contributed by atoms with Crippen molar-refractivity contribution in [1.82, 2.24) is 4.98 Å². The second-order valence-electron chi connectivity index (χ2n) is 7.46. The second kappa shape index (κ2) is 9.47. The van der Waals surface area contributed by atoms with E-state index in [1.165, 1.54) is 7.11 Å². The number of halogens is 2. The summed E-state index contributed by atoms with van der Waals surface area (Å²) in [6.07, 6.45) is 0.0638. The zero-order chi connectivity index (χ0) is 23.6. The number of para-hydroxylation sites is 1. The maximum atomic E-state index is 12.8. The number of carbonyl (C=O) groups excluding carboxylic acids is 1. The van der Waals surface area contributed by atoms with Crippen LogP contribution in [0.25, 0.3) is 22.2 Å². The first-order chi connectivity index (χ1) is 15.8. The van der Waals surface area contributed by atoms with Crippen LogP contribution in [0, 0.1) is 0 Å². The number of esters is 1. The maximum absolute atomic E-state index is 12.8. The number of benzene rings is 3. The average Bonchev–Trinajstić information content (AvgIpc) is 3.13. The SMILES string of the molecule is COC(=O)Cc1c(-c2ccc(Cl)c(NS(=O)(=O)Cc3cccc(Cl)c3)c2)[nH]c2ccccc12. The zero-order valence-corrected chi connectivity index (χ0v) is 19.9. The molecule has 0 bridgehead atoms. The van der Waals surface area contributed by atoms with Crippen molar-refractivity contribution in [2.75, 3.05) is 11.8 Å². The highest BCUT2D eigenvalue weighted by Crippen LogP contribution is 2.35. The van der Waals surface area contributed by atoms with Crippen LogP contribution in [0.1, 0.15) is 11.1 Å². The molecule has 0 spiro atoms. The monoisotopic (exact) mass is 502 g/mol. The fourth-order valence-corrected chi connectivity index (χ4v) is 5.28. The van der Waals surface area contributed by atoms with Gasteiger partial charge < -0.3 is 9.72 Å². The predicted molar refractivity (Wildman–Crippen MR) is 132 cm³/mol. The van der Waals surface area contributed by atoms with E-state index in [1.54, 1.807) is 42.5 Å². The topological polar surface area (TPSA) is 88.3 Å². The van der Waals surface area contributed by atoms with Crippen molar-refractivity contribution in [3.8, 4) is 11.3 Å². The standard InChI is InChI=1S/C24H20Cl2N2O4S/c1-32-23(29)13-19-18-7-2-3-8-21(18)27-24(19)16-9-10-20(26)22(12-16)28-33(30,31)14-15-5-4-6-17(25)11-15/h2-12,27-28H,13-14H2,1H3. The van der Waals surface area contributed by atoms with Crippen LogP contribution in [0.15, 0.2) is 66.7 Å². The van der Waals surface area contributed by atoms with Crippen LogP contribution < -0.4 is 4.72 Å². The summed E-state index contributed by atoms with van der Waals surface area (Å²) < 4.78 is 33.0. The Morgan fingerprint density at radius 1 is 1.03 bits per heavy atom. The number of nitrogens with one attached hydrogen (secondary N) is 2. The number of hydrogen-bond acceptors (Lipinski definition) is 4. The van der Waals surface area contributed by atoms with Gasteiger partial charge in [-0.15, -0.1) is 0 Å². The Bertz CT molecular complexity index is 1450. The van der Waals surface area contributed by atoms with Gasteiger partial charge in [0.05, 0.1) is 35.7 Å². The molecule has 1 heterocycles. The first-order valence-corrected chi connectivity index (χ1v) is 12.4. The lowest BCUT2D eigenvalue weighted by atomic mass is 10.0. The molecule has 6 nitrogen and oxygen atoms in total. The van der Waals surface area contributed by atoms with Gasteiger partial charge in [-0.3, -0.25) is 9.52 Å². The maximum Gasteiger partial charge on any atom is 0.310 e. The quantitative estimate of drug-likeness (QED) is 0.312. The van der Waals surface area contributed by atoms with Gasteiger partial charge in [0.25, 0.3) is 0 Å². The van der Waals surface area contributed by atoms with Gasteiger partial charge in [0, 0.05) is 21.5 Å². The number of anilines is 1. The molecule has 1 aromatic heterocycles. The Morgan fingerprint density at radius 3 is 2.58 bits per heavy atom. The number of ether oxygens (including phenoxy) is 1. The molecule has 4 rings (SSSR count). The van der Waals surface area contributed by atoms with E-state index in [0.717, 1.165) is 16.5 Å². The van der Waals surface area contributed by atoms with Crippen molar-refractivity contribution < 1.29 is 17.9 Å². The Kier molecular flexibility index (Phi) is 6.65. The summed E-state index contributed by atoms with van der Waals surface area (Å²) in [6.45, 7) is 0. The van der Waals surface area contributed by atoms with E-state index in [1.807, 2.05) is 24.3 Å². The normalized spacial score (nSPS) is 11.5. The van der Waals surface area contributed by atoms with Gasteiger partial charge in [-0.25, -0.2) is 8.42 Å². The molecule has 0 radical (unpaired) electrons. The van der Waals surface area contributed by atoms with E-state index in [4.69, 9.17) is 27.9 Å². The van der Waals surface area contributed by atoms with Gasteiger partial charge in [-0.2, -0.15) is 0 Å². The van der Waals surface area contributed by atoms with Crippen LogP contribution in [0.4, 0.5) is 5.69 Å². The van der Waals surface area contributed by atoms with E-state index < -0.39 is 10.0 Å². The number of aromatic nitrogens is 1. The van der Waals surface area contributed by atoms with Crippen molar-refractivity contribution in [3.05, 3.63) is 87.9 Å². The third-order valence-electron chi connectivity index (χ3n) is 5.13. The smallest absolute Gasteiger partial charge is 0.310 e. The molecule has 170 valence electrons. The number of carbonyl (C=O) groups is 1. The van der Waals surface area contributed by atoms with Gasteiger partial charge >= 0.3 is 5.97 Å². The molecule has 0 saturated carbocycles. The summed E-state index contributed by atoms with van der Waals surface area (Å²) in [4.78, 5) is 15.4. The van der Waals surface area contributed by atoms with Gasteiger partial charge in [0.2, 0.25) is 10.0 Å². The lowest BCUT2D eigenvalue weighted by Crippen LogP contribution is -2.15. The Hall–Kier alpha value is -3.00. The van der Waals surface area contributed by atoms with E-state index >= 15 is 0 Å². The number of hydrogen-bond donors (Lipinski definition) is 2. The molecule has 3 aromatic carbocycles. The van der Waals surface area contributed by atoms with Crippen molar-refractivity contribution in [2.45, 2.75) is 12.2 Å². The number of rotatable bonds is 7. The molecule has 33 heavy (non-hydrogen) atoms. The average molecular weight is 503 g/mol. The van der Waals surface area contributed by atoms with Crippen LogP contribution in [-0.4, -0.2) is 26.5 Å². The fourth-order valence-electron chi connectivity index (χ4n) is 3.66. The Labute approximate surface area is 201 Å². The molecule has 0 aliphatic rings. The molecule has 0 aliphatic carbocycles.